The van der Waals surface area contributed by atoms with Crippen LogP contribution >= 0.6 is 12.2 Å². The Morgan fingerprint density at radius 2 is 1.65 bits per heavy atom. The predicted molar refractivity (Wildman–Crippen MR) is 81.1 cm³/mol. The zero-order chi connectivity index (χ0) is 13.5. The number of nitrogens with one attached hydrogen (secondary N) is 1. The average Bonchev–Trinajstić information content (AvgIpc) is 2.89. The normalized spacial score (nSPS) is 11.2. The lowest BCUT2D eigenvalue weighted by molar-refractivity contribution is 0.937. The van der Waals surface area contributed by atoms with Crippen LogP contribution in [0.3, 0.4) is 0 Å². The second-order valence-electron chi connectivity index (χ2n) is 4.51. The first-order valence-corrected chi connectivity index (χ1v) is 6.67. The molecule has 0 aliphatic carbocycles. The molecule has 0 amide bonds. The van der Waals surface area contributed by atoms with Gasteiger partial charge in [0.15, 0.2) is 11.5 Å². The maximum absolute atomic E-state index is 5.17. The van der Waals surface area contributed by atoms with E-state index in [-0.39, 0.29) is 0 Å². The Hall–Kier alpha value is -2.53. The predicted octanol–water partition coefficient (Wildman–Crippen LogP) is 3.61. The van der Waals surface area contributed by atoms with Crippen LogP contribution in [0.2, 0.25) is 0 Å². The van der Waals surface area contributed by atoms with Crippen LogP contribution < -0.4 is 0 Å². The van der Waals surface area contributed by atoms with Gasteiger partial charge >= 0.3 is 0 Å². The van der Waals surface area contributed by atoms with E-state index in [9.17, 15) is 0 Å². The van der Waals surface area contributed by atoms with Gasteiger partial charge in [-0.05, 0) is 24.4 Å². The SMILES string of the molecule is S=c1nc2c3ccccc3nc(-c3ccccc3)n2[nH]1. The van der Waals surface area contributed by atoms with Crippen molar-refractivity contribution in [2.24, 2.45) is 0 Å². The van der Waals surface area contributed by atoms with Gasteiger partial charge in [0.25, 0.3) is 0 Å². The van der Waals surface area contributed by atoms with E-state index >= 15 is 0 Å². The van der Waals surface area contributed by atoms with E-state index in [0.717, 1.165) is 27.9 Å². The molecule has 5 heteroatoms. The highest BCUT2D eigenvalue weighted by molar-refractivity contribution is 7.71. The molecular weight excluding hydrogens is 268 g/mol. The lowest BCUT2D eigenvalue weighted by atomic mass is 10.2. The van der Waals surface area contributed by atoms with Gasteiger partial charge < -0.3 is 0 Å². The number of aromatic amines is 1. The highest BCUT2D eigenvalue weighted by Crippen LogP contribution is 2.23. The Morgan fingerprint density at radius 1 is 0.900 bits per heavy atom. The van der Waals surface area contributed by atoms with Crippen molar-refractivity contribution in [2.75, 3.05) is 0 Å². The molecule has 1 N–H and O–H groups in total. The summed E-state index contributed by atoms with van der Waals surface area (Å²) in [7, 11) is 0. The van der Waals surface area contributed by atoms with E-state index < -0.39 is 0 Å². The lowest BCUT2D eigenvalue weighted by Crippen LogP contribution is -1.99. The monoisotopic (exact) mass is 278 g/mol. The molecule has 0 aliphatic rings. The Kier molecular flexibility index (Phi) is 2.40. The van der Waals surface area contributed by atoms with Crippen LogP contribution in [0.4, 0.5) is 0 Å². The molecular formula is C15H10N4S. The molecule has 96 valence electrons. The average molecular weight is 278 g/mol. The summed E-state index contributed by atoms with van der Waals surface area (Å²) in [5.41, 5.74) is 2.74. The Morgan fingerprint density at radius 3 is 2.50 bits per heavy atom. The van der Waals surface area contributed by atoms with Gasteiger partial charge in [-0.15, -0.1) is 0 Å². The van der Waals surface area contributed by atoms with E-state index in [2.05, 4.69) is 10.1 Å². The second-order valence-corrected chi connectivity index (χ2v) is 4.89. The molecule has 4 nitrogen and oxygen atoms in total. The Bertz CT molecular complexity index is 969. The quantitative estimate of drug-likeness (QED) is 0.541. The summed E-state index contributed by atoms with van der Waals surface area (Å²) in [6, 6.07) is 17.9. The van der Waals surface area contributed by atoms with Gasteiger partial charge in [0, 0.05) is 10.9 Å². The number of hydrogen-bond donors (Lipinski definition) is 1. The van der Waals surface area contributed by atoms with Crippen molar-refractivity contribution in [1.82, 2.24) is 19.6 Å². The highest BCUT2D eigenvalue weighted by Gasteiger charge is 2.11. The first-order valence-electron chi connectivity index (χ1n) is 6.26. The molecule has 0 spiro atoms. The van der Waals surface area contributed by atoms with Gasteiger partial charge in [-0.25, -0.2) is 9.50 Å². The third kappa shape index (κ3) is 1.64. The van der Waals surface area contributed by atoms with Crippen molar-refractivity contribution >= 4 is 28.8 Å². The maximum Gasteiger partial charge on any atom is 0.214 e. The molecule has 0 aliphatic heterocycles. The van der Waals surface area contributed by atoms with E-state index in [1.54, 1.807) is 0 Å². The number of H-pyrrole nitrogens is 1. The van der Waals surface area contributed by atoms with Gasteiger partial charge in [0.2, 0.25) is 4.77 Å². The van der Waals surface area contributed by atoms with Crippen molar-refractivity contribution in [1.29, 1.82) is 0 Å². The van der Waals surface area contributed by atoms with E-state index in [1.807, 2.05) is 59.1 Å². The number of para-hydroxylation sites is 1. The smallest absolute Gasteiger partial charge is 0.214 e. The molecule has 0 radical (unpaired) electrons. The first kappa shape index (κ1) is 11.3. The Balaban J connectivity index is 2.21. The van der Waals surface area contributed by atoms with Gasteiger partial charge in [0.05, 0.1) is 5.52 Å². The molecule has 4 aromatic rings. The van der Waals surface area contributed by atoms with Crippen molar-refractivity contribution in [2.45, 2.75) is 0 Å². The fourth-order valence-corrected chi connectivity index (χ4v) is 2.54. The van der Waals surface area contributed by atoms with Crippen molar-refractivity contribution < 1.29 is 0 Å². The van der Waals surface area contributed by atoms with Crippen LogP contribution in [-0.2, 0) is 0 Å². The van der Waals surface area contributed by atoms with Gasteiger partial charge in [-0.2, -0.15) is 4.98 Å². The van der Waals surface area contributed by atoms with Gasteiger partial charge in [0.1, 0.15) is 0 Å². The standard InChI is InChI=1S/C15H10N4S/c20-15-17-14-11-8-4-5-9-12(11)16-13(19(14)18-15)10-6-2-1-3-7-10/h1-9H,(H,18,20). The molecule has 0 bridgehead atoms. The van der Waals surface area contributed by atoms with Gasteiger partial charge in [-0.3, -0.25) is 5.10 Å². The second kappa shape index (κ2) is 4.25. The number of aromatic nitrogens is 4. The fraction of sp³-hybridized carbons (Fsp3) is 0. The summed E-state index contributed by atoms with van der Waals surface area (Å²) < 4.78 is 2.31. The molecule has 2 aromatic heterocycles. The van der Waals surface area contributed by atoms with Crippen molar-refractivity contribution in [3.63, 3.8) is 0 Å². The minimum absolute atomic E-state index is 0.459. The van der Waals surface area contributed by atoms with Crippen LogP contribution in [-0.4, -0.2) is 19.6 Å². The zero-order valence-electron chi connectivity index (χ0n) is 10.4. The fourth-order valence-electron chi connectivity index (χ4n) is 2.36. The summed E-state index contributed by atoms with van der Waals surface area (Å²) in [5, 5.41) is 4.06. The van der Waals surface area contributed by atoms with Crippen LogP contribution in [0.1, 0.15) is 0 Å². The molecule has 2 aromatic carbocycles. The first-order chi connectivity index (χ1) is 9.83. The number of rotatable bonds is 1. The summed E-state index contributed by atoms with van der Waals surface area (Å²) in [5.74, 6) is 0.808. The van der Waals surface area contributed by atoms with Crippen molar-refractivity contribution in [3.8, 4) is 11.4 Å². The summed E-state index contributed by atoms with van der Waals surface area (Å²) in [6.07, 6.45) is 0. The molecule has 2 heterocycles. The number of fused-ring (bicyclic) bond motifs is 3. The van der Waals surface area contributed by atoms with Crippen LogP contribution in [0, 0.1) is 4.77 Å². The van der Waals surface area contributed by atoms with Crippen LogP contribution in [0.25, 0.3) is 27.9 Å². The number of nitrogens with zero attached hydrogens (tertiary/aromatic N) is 3. The number of hydrogen-bond acceptors (Lipinski definition) is 3. The lowest BCUT2D eigenvalue weighted by Gasteiger charge is -2.07. The van der Waals surface area contributed by atoms with E-state index in [0.29, 0.717) is 4.77 Å². The largest absolute Gasteiger partial charge is 0.265 e. The molecule has 0 saturated heterocycles. The molecule has 0 fully saturated rings. The third-order valence-electron chi connectivity index (χ3n) is 3.24. The minimum Gasteiger partial charge on any atom is -0.265 e. The molecule has 20 heavy (non-hydrogen) atoms. The molecule has 4 rings (SSSR count). The maximum atomic E-state index is 5.17. The topological polar surface area (TPSA) is 46.0 Å². The molecule has 0 saturated carbocycles. The van der Waals surface area contributed by atoms with E-state index in [4.69, 9.17) is 17.2 Å². The molecule has 0 atom stereocenters. The minimum atomic E-state index is 0.459. The molecule has 0 unspecified atom stereocenters. The summed E-state index contributed by atoms with van der Waals surface area (Å²) in [4.78, 5) is 9.14. The summed E-state index contributed by atoms with van der Waals surface area (Å²) in [6.45, 7) is 0. The van der Waals surface area contributed by atoms with Crippen LogP contribution in [0.5, 0.6) is 0 Å². The third-order valence-corrected chi connectivity index (χ3v) is 3.42. The van der Waals surface area contributed by atoms with Crippen LogP contribution in [0.15, 0.2) is 54.6 Å². The number of benzene rings is 2. The zero-order valence-corrected chi connectivity index (χ0v) is 11.3. The van der Waals surface area contributed by atoms with Gasteiger partial charge in [-0.1, -0.05) is 42.5 Å². The Labute approximate surface area is 119 Å². The van der Waals surface area contributed by atoms with E-state index in [1.165, 1.54) is 0 Å². The summed E-state index contributed by atoms with van der Waals surface area (Å²) >= 11 is 5.17. The highest BCUT2D eigenvalue weighted by atomic mass is 32.1. The van der Waals surface area contributed by atoms with Crippen molar-refractivity contribution in [3.05, 3.63) is 59.4 Å².